The third-order valence-corrected chi connectivity index (χ3v) is 7.55. The molecule has 2 aromatic rings. The SMILES string of the molecule is CCOc1ccc(N2C(=O)CCS2(=O)=O)cc1S(=O)(=O)Nc1cc(Cl)ccc1OC. The third kappa shape index (κ3) is 4.32. The molecular formula is C18H19ClN2O7S2. The predicted octanol–water partition coefficient (Wildman–Crippen LogP) is 2.61. The number of anilines is 2. The zero-order valence-electron chi connectivity index (χ0n) is 16.1. The highest BCUT2D eigenvalue weighted by Crippen LogP contribution is 2.35. The van der Waals surface area contributed by atoms with Crippen molar-refractivity contribution in [2.24, 2.45) is 0 Å². The molecule has 0 aliphatic carbocycles. The van der Waals surface area contributed by atoms with Gasteiger partial charge in [0.15, 0.2) is 0 Å². The van der Waals surface area contributed by atoms with Gasteiger partial charge in [-0.2, -0.15) is 0 Å². The van der Waals surface area contributed by atoms with Crippen LogP contribution in [0.5, 0.6) is 11.5 Å². The molecule has 1 heterocycles. The normalized spacial score (nSPS) is 15.8. The average Bonchev–Trinajstić information content (AvgIpc) is 2.95. The van der Waals surface area contributed by atoms with Crippen LogP contribution in [0.4, 0.5) is 11.4 Å². The summed E-state index contributed by atoms with van der Waals surface area (Å²) in [5.41, 5.74) is 0.00195. The molecule has 1 amide bonds. The van der Waals surface area contributed by atoms with E-state index in [1.165, 1.54) is 37.4 Å². The maximum Gasteiger partial charge on any atom is 0.265 e. The quantitative estimate of drug-likeness (QED) is 0.655. The highest BCUT2D eigenvalue weighted by atomic mass is 35.5. The van der Waals surface area contributed by atoms with Crippen molar-refractivity contribution in [3.8, 4) is 11.5 Å². The summed E-state index contributed by atoms with van der Waals surface area (Å²) in [7, 11) is -6.76. The molecular weight excluding hydrogens is 456 g/mol. The lowest BCUT2D eigenvalue weighted by molar-refractivity contribution is -0.116. The lowest BCUT2D eigenvalue weighted by Crippen LogP contribution is -2.29. The molecule has 1 aliphatic heterocycles. The van der Waals surface area contributed by atoms with Crippen LogP contribution in [0.3, 0.4) is 0 Å². The van der Waals surface area contributed by atoms with Gasteiger partial charge in [0.1, 0.15) is 16.4 Å². The number of ether oxygens (including phenoxy) is 2. The Morgan fingerprint density at radius 3 is 2.47 bits per heavy atom. The summed E-state index contributed by atoms with van der Waals surface area (Å²) in [6.07, 6.45) is -0.171. The molecule has 0 radical (unpaired) electrons. The molecule has 0 aromatic heterocycles. The zero-order chi connectivity index (χ0) is 22.1. The van der Waals surface area contributed by atoms with Crippen molar-refractivity contribution in [3.05, 3.63) is 41.4 Å². The number of carbonyl (C=O) groups is 1. The molecule has 1 saturated heterocycles. The second-order valence-electron chi connectivity index (χ2n) is 6.24. The Morgan fingerprint density at radius 1 is 1.17 bits per heavy atom. The van der Waals surface area contributed by atoms with E-state index in [-0.39, 0.29) is 51.6 Å². The van der Waals surface area contributed by atoms with E-state index in [0.717, 1.165) is 6.07 Å². The summed E-state index contributed by atoms with van der Waals surface area (Å²) in [6.45, 7) is 1.84. The van der Waals surface area contributed by atoms with Gasteiger partial charge in [-0.1, -0.05) is 11.6 Å². The van der Waals surface area contributed by atoms with E-state index in [2.05, 4.69) is 4.72 Å². The van der Waals surface area contributed by atoms with Gasteiger partial charge >= 0.3 is 0 Å². The number of hydrogen-bond donors (Lipinski definition) is 1. The molecule has 30 heavy (non-hydrogen) atoms. The fraction of sp³-hybridized carbons (Fsp3) is 0.278. The number of sulfonamides is 2. The number of carbonyl (C=O) groups excluding carboxylic acids is 1. The molecule has 0 bridgehead atoms. The van der Waals surface area contributed by atoms with E-state index in [9.17, 15) is 21.6 Å². The van der Waals surface area contributed by atoms with E-state index in [0.29, 0.717) is 4.31 Å². The van der Waals surface area contributed by atoms with E-state index in [1.807, 2.05) is 0 Å². The van der Waals surface area contributed by atoms with Gasteiger partial charge < -0.3 is 9.47 Å². The number of nitrogens with zero attached hydrogens (tertiary/aromatic N) is 1. The first kappa shape index (κ1) is 22.2. The van der Waals surface area contributed by atoms with Gasteiger partial charge in [-0.05, 0) is 43.3 Å². The molecule has 0 saturated carbocycles. The predicted molar refractivity (Wildman–Crippen MR) is 112 cm³/mol. The van der Waals surface area contributed by atoms with Gasteiger partial charge in [0.25, 0.3) is 10.0 Å². The van der Waals surface area contributed by atoms with Crippen molar-refractivity contribution >= 4 is 48.9 Å². The standard InChI is InChI=1S/C18H19ClN2O7S2/c1-3-28-16-7-5-13(21-18(22)8-9-29(21,23)24)11-17(16)30(25,26)20-14-10-12(19)4-6-15(14)27-2/h4-7,10-11,20H,3,8-9H2,1-2H3. The zero-order valence-corrected chi connectivity index (χ0v) is 18.5. The van der Waals surface area contributed by atoms with Crippen LogP contribution in [0.15, 0.2) is 41.3 Å². The topological polar surface area (TPSA) is 119 Å². The highest BCUT2D eigenvalue weighted by Gasteiger charge is 2.37. The van der Waals surface area contributed by atoms with Crippen molar-refractivity contribution in [1.29, 1.82) is 0 Å². The second kappa shape index (κ2) is 8.32. The van der Waals surface area contributed by atoms with E-state index >= 15 is 0 Å². The Kier molecular flexibility index (Phi) is 6.16. The number of amides is 1. The van der Waals surface area contributed by atoms with Crippen LogP contribution >= 0.6 is 11.6 Å². The van der Waals surface area contributed by atoms with Gasteiger partial charge in [0.2, 0.25) is 15.9 Å². The van der Waals surface area contributed by atoms with Crippen LogP contribution in [-0.4, -0.2) is 42.2 Å². The van der Waals surface area contributed by atoms with Crippen molar-refractivity contribution in [2.75, 3.05) is 28.5 Å². The maximum atomic E-state index is 13.1. The molecule has 9 nitrogen and oxygen atoms in total. The lowest BCUT2D eigenvalue weighted by atomic mass is 10.3. The van der Waals surface area contributed by atoms with Crippen molar-refractivity contribution in [3.63, 3.8) is 0 Å². The highest BCUT2D eigenvalue weighted by molar-refractivity contribution is 7.94. The summed E-state index contributed by atoms with van der Waals surface area (Å²) in [4.78, 5) is 11.8. The van der Waals surface area contributed by atoms with Crippen molar-refractivity contribution in [1.82, 2.24) is 0 Å². The van der Waals surface area contributed by atoms with Gasteiger partial charge in [-0.3, -0.25) is 9.52 Å². The van der Waals surface area contributed by atoms with E-state index in [4.69, 9.17) is 21.1 Å². The van der Waals surface area contributed by atoms with Crippen molar-refractivity contribution in [2.45, 2.75) is 18.2 Å². The van der Waals surface area contributed by atoms with Crippen LogP contribution in [0.25, 0.3) is 0 Å². The van der Waals surface area contributed by atoms with Gasteiger partial charge in [-0.15, -0.1) is 0 Å². The molecule has 162 valence electrons. The number of hydrogen-bond acceptors (Lipinski definition) is 7. The van der Waals surface area contributed by atoms with Crippen LogP contribution in [0.1, 0.15) is 13.3 Å². The minimum absolute atomic E-state index is 0.00112. The molecule has 0 spiro atoms. The minimum Gasteiger partial charge on any atom is -0.495 e. The molecule has 1 aliphatic rings. The fourth-order valence-corrected chi connectivity index (χ4v) is 5.79. The largest absolute Gasteiger partial charge is 0.495 e. The van der Waals surface area contributed by atoms with Crippen LogP contribution in [0.2, 0.25) is 5.02 Å². The molecule has 12 heteroatoms. The second-order valence-corrected chi connectivity index (χ2v) is 10.3. The molecule has 2 aromatic carbocycles. The Bertz CT molecular complexity index is 1200. The number of benzene rings is 2. The molecule has 1 N–H and O–H groups in total. The Morgan fingerprint density at radius 2 is 1.87 bits per heavy atom. The maximum absolute atomic E-state index is 13.1. The summed E-state index contributed by atoms with van der Waals surface area (Å²) < 4.78 is 64.3. The fourth-order valence-electron chi connectivity index (χ4n) is 2.94. The monoisotopic (exact) mass is 474 g/mol. The van der Waals surface area contributed by atoms with Gasteiger partial charge in [0.05, 0.1) is 30.8 Å². The Balaban J connectivity index is 2.11. The first-order chi connectivity index (χ1) is 14.1. The number of halogens is 1. The summed E-state index contributed by atoms with van der Waals surface area (Å²) in [6, 6.07) is 8.13. The summed E-state index contributed by atoms with van der Waals surface area (Å²) >= 11 is 5.96. The average molecular weight is 475 g/mol. The molecule has 0 unspecified atom stereocenters. The number of nitrogens with one attached hydrogen (secondary N) is 1. The first-order valence-corrected chi connectivity index (χ1v) is 12.2. The van der Waals surface area contributed by atoms with Gasteiger partial charge in [0, 0.05) is 11.4 Å². The van der Waals surface area contributed by atoms with Crippen LogP contribution in [0, 0.1) is 0 Å². The molecule has 1 fully saturated rings. The van der Waals surface area contributed by atoms with Gasteiger partial charge in [-0.25, -0.2) is 21.1 Å². The number of methoxy groups -OCH3 is 1. The summed E-state index contributed by atoms with van der Waals surface area (Å²) in [5.74, 6) is -0.737. The van der Waals surface area contributed by atoms with Crippen molar-refractivity contribution < 1.29 is 31.1 Å². The number of rotatable bonds is 7. The van der Waals surface area contributed by atoms with E-state index < -0.39 is 26.0 Å². The third-order valence-electron chi connectivity index (χ3n) is 4.24. The summed E-state index contributed by atoms with van der Waals surface area (Å²) in [5, 5.41) is 0.279. The lowest BCUT2D eigenvalue weighted by Gasteiger charge is -2.19. The van der Waals surface area contributed by atoms with Crippen LogP contribution in [-0.2, 0) is 24.8 Å². The Labute approximate surface area is 179 Å². The molecule has 0 atom stereocenters. The molecule has 3 rings (SSSR count). The first-order valence-electron chi connectivity index (χ1n) is 8.78. The smallest absolute Gasteiger partial charge is 0.265 e. The van der Waals surface area contributed by atoms with E-state index in [1.54, 1.807) is 6.92 Å². The minimum atomic E-state index is -4.27. The van der Waals surface area contributed by atoms with Crippen LogP contribution < -0.4 is 18.5 Å². The Hall–Kier alpha value is -2.50.